The topological polar surface area (TPSA) is 0 Å². The highest BCUT2D eigenvalue weighted by Crippen LogP contribution is 2.38. The van der Waals surface area contributed by atoms with Crippen LogP contribution in [0.15, 0.2) is 23.8 Å². The van der Waals surface area contributed by atoms with E-state index < -0.39 is 34.6 Å². The van der Waals surface area contributed by atoms with Crippen molar-refractivity contribution in [1.29, 1.82) is 0 Å². The maximum absolute atomic E-state index is 15.2. The van der Waals surface area contributed by atoms with Gasteiger partial charge in [0.25, 0.3) is 0 Å². The first kappa shape index (κ1) is 24.0. The molecule has 0 nitrogen and oxygen atoms in total. The van der Waals surface area contributed by atoms with E-state index in [1.54, 1.807) is 0 Å². The fraction of sp³-hybridized carbons (Fsp3) is 0.500. The number of benzene rings is 2. The molecule has 1 fully saturated rings. The van der Waals surface area contributed by atoms with Crippen LogP contribution in [0, 0.1) is 40.9 Å². The molecule has 0 spiro atoms. The lowest BCUT2D eigenvalue weighted by molar-refractivity contribution is 0.249. The molecular weight excluding hydrogens is 431 g/mol. The molecule has 0 saturated heterocycles. The van der Waals surface area contributed by atoms with E-state index in [1.165, 1.54) is 56.6 Å². The van der Waals surface area contributed by atoms with E-state index in [4.69, 9.17) is 0 Å². The summed E-state index contributed by atoms with van der Waals surface area (Å²) >= 11 is 0. The minimum Gasteiger partial charge on any atom is -0.206 e. The summed E-state index contributed by atoms with van der Waals surface area (Å²) in [5, 5.41) is 0. The first-order valence-electron chi connectivity index (χ1n) is 12.2. The van der Waals surface area contributed by atoms with Crippen LogP contribution in [-0.2, 0) is 6.42 Å². The van der Waals surface area contributed by atoms with Gasteiger partial charge in [0.05, 0.1) is 5.56 Å². The molecular formula is C28H31F5. The van der Waals surface area contributed by atoms with E-state index in [2.05, 4.69) is 6.92 Å². The molecule has 2 aliphatic rings. The van der Waals surface area contributed by atoms with Crippen molar-refractivity contribution in [3.8, 4) is 11.1 Å². The fourth-order valence-corrected chi connectivity index (χ4v) is 5.49. The zero-order valence-corrected chi connectivity index (χ0v) is 19.1. The van der Waals surface area contributed by atoms with Gasteiger partial charge in [0, 0.05) is 0 Å². The highest BCUT2D eigenvalue weighted by atomic mass is 19.2. The van der Waals surface area contributed by atoms with Crippen LogP contribution in [0.1, 0.15) is 82.3 Å². The minimum absolute atomic E-state index is 0.339. The number of allylic oxidation sites excluding steroid dienone is 1. The molecule has 0 heterocycles. The second-order valence-corrected chi connectivity index (χ2v) is 9.74. The molecule has 0 aliphatic heterocycles. The number of rotatable bonds is 7. The maximum Gasteiger partial charge on any atom is 0.194 e. The third-order valence-electron chi connectivity index (χ3n) is 7.49. The molecule has 5 heteroatoms. The highest BCUT2D eigenvalue weighted by Gasteiger charge is 2.25. The number of fused-ring (bicyclic) bond motifs is 1. The third kappa shape index (κ3) is 5.33. The summed E-state index contributed by atoms with van der Waals surface area (Å²) < 4.78 is 70.5. The van der Waals surface area contributed by atoms with E-state index in [-0.39, 0.29) is 5.56 Å². The van der Waals surface area contributed by atoms with E-state index in [0.29, 0.717) is 36.1 Å². The maximum atomic E-state index is 15.2. The van der Waals surface area contributed by atoms with Crippen molar-refractivity contribution >= 4 is 6.08 Å². The number of unbranched alkanes of at least 4 members (excludes halogenated alkanes) is 1. The zero-order valence-electron chi connectivity index (χ0n) is 19.1. The SMILES string of the molecule is CCCCC1CCC(CCC2=Cc3cc(F)c(-c4cc(F)c(F)c(F)c4)c(F)c3CC2)CC1. The Kier molecular flexibility index (Phi) is 7.55. The molecule has 0 amide bonds. The Hall–Kier alpha value is -2.17. The van der Waals surface area contributed by atoms with E-state index in [9.17, 15) is 17.6 Å². The fourth-order valence-electron chi connectivity index (χ4n) is 5.49. The standard InChI is InChI=1S/C28H31F5/c1-2-3-4-17-5-7-18(8-6-17)9-10-19-11-12-22-20(13-19)14-23(29)26(27(22)32)21-15-24(30)28(33)25(31)16-21/h13-18H,2-12H2,1H3. The summed E-state index contributed by atoms with van der Waals surface area (Å²) in [6.45, 7) is 2.24. The molecule has 0 unspecified atom stereocenters. The van der Waals surface area contributed by atoms with Crippen molar-refractivity contribution in [2.75, 3.05) is 0 Å². The largest absolute Gasteiger partial charge is 0.206 e. The van der Waals surface area contributed by atoms with Gasteiger partial charge < -0.3 is 0 Å². The van der Waals surface area contributed by atoms with Gasteiger partial charge in [0.1, 0.15) is 11.6 Å². The molecule has 2 aromatic carbocycles. The number of hydrogen-bond acceptors (Lipinski definition) is 0. The molecule has 0 atom stereocenters. The Bertz CT molecular complexity index is 1010. The molecule has 33 heavy (non-hydrogen) atoms. The van der Waals surface area contributed by atoms with Crippen molar-refractivity contribution < 1.29 is 22.0 Å². The summed E-state index contributed by atoms with van der Waals surface area (Å²) in [5.41, 5.74) is 1.18. The van der Waals surface area contributed by atoms with Crippen LogP contribution in [0.4, 0.5) is 22.0 Å². The van der Waals surface area contributed by atoms with Gasteiger partial charge in [0.15, 0.2) is 17.5 Å². The molecule has 2 aromatic rings. The summed E-state index contributed by atoms with van der Waals surface area (Å²) in [6, 6.07) is 2.49. The van der Waals surface area contributed by atoms with Crippen molar-refractivity contribution in [1.82, 2.24) is 0 Å². The van der Waals surface area contributed by atoms with Gasteiger partial charge >= 0.3 is 0 Å². The molecule has 4 rings (SSSR count). The average Bonchev–Trinajstić information content (AvgIpc) is 2.80. The summed E-state index contributed by atoms with van der Waals surface area (Å²) in [5.74, 6) is -4.71. The third-order valence-corrected chi connectivity index (χ3v) is 7.49. The molecule has 1 saturated carbocycles. The molecule has 178 valence electrons. The summed E-state index contributed by atoms with van der Waals surface area (Å²) in [4.78, 5) is 0. The lowest BCUT2D eigenvalue weighted by Crippen LogP contribution is -2.15. The molecule has 0 radical (unpaired) electrons. The lowest BCUT2D eigenvalue weighted by Gasteiger charge is -2.29. The lowest BCUT2D eigenvalue weighted by atomic mass is 9.77. The monoisotopic (exact) mass is 462 g/mol. The summed E-state index contributed by atoms with van der Waals surface area (Å²) in [7, 11) is 0. The van der Waals surface area contributed by atoms with Crippen molar-refractivity contribution in [2.24, 2.45) is 11.8 Å². The van der Waals surface area contributed by atoms with Gasteiger partial charge in [0.2, 0.25) is 0 Å². The van der Waals surface area contributed by atoms with Gasteiger partial charge in [-0.05, 0) is 72.4 Å². The Balaban J connectivity index is 1.46. The van der Waals surface area contributed by atoms with Crippen LogP contribution in [0.3, 0.4) is 0 Å². The van der Waals surface area contributed by atoms with Gasteiger partial charge in [-0.2, -0.15) is 0 Å². The second kappa shape index (κ2) is 10.4. The average molecular weight is 463 g/mol. The summed E-state index contributed by atoms with van der Waals surface area (Å²) in [6.07, 6.45) is 14.1. The second-order valence-electron chi connectivity index (χ2n) is 9.74. The Morgan fingerprint density at radius 2 is 1.39 bits per heavy atom. The van der Waals surface area contributed by atoms with E-state index in [0.717, 1.165) is 24.7 Å². The molecule has 0 aromatic heterocycles. The van der Waals surface area contributed by atoms with Crippen LogP contribution in [-0.4, -0.2) is 0 Å². The number of hydrogen-bond donors (Lipinski definition) is 0. The van der Waals surface area contributed by atoms with Crippen LogP contribution < -0.4 is 0 Å². The Morgan fingerprint density at radius 1 is 0.758 bits per heavy atom. The molecule has 0 N–H and O–H groups in total. The van der Waals surface area contributed by atoms with E-state index in [1.807, 2.05) is 6.08 Å². The van der Waals surface area contributed by atoms with Gasteiger partial charge in [-0.15, -0.1) is 0 Å². The number of halogens is 5. The van der Waals surface area contributed by atoms with Gasteiger partial charge in [-0.3, -0.25) is 0 Å². The Morgan fingerprint density at radius 3 is 2.03 bits per heavy atom. The van der Waals surface area contributed by atoms with Crippen molar-refractivity contribution in [3.63, 3.8) is 0 Å². The van der Waals surface area contributed by atoms with Crippen molar-refractivity contribution in [3.05, 3.63) is 64.0 Å². The van der Waals surface area contributed by atoms with Crippen LogP contribution in [0.2, 0.25) is 0 Å². The van der Waals surface area contributed by atoms with Gasteiger partial charge in [-0.1, -0.05) is 63.5 Å². The Labute approximate surface area is 192 Å². The quantitative estimate of drug-likeness (QED) is 0.284. The molecule has 2 aliphatic carbocycles. The van der Waals surface area contributed by atoms with E-state index >= 15 is 4.39 Å². The molecule has 0 bridgehead atoms. The highest BCUT2D eigenvalue weighted by molar-refractivity contribution is 5.71. The predicted molar refractivity (Wildman–Crippen MR) is 122 cm³/mol. The zero-order chi connectivity index (χ0) is 23.5. The van der Waals surface area contributed by atoms with Gasteiger partial charge in [-0.25, -0.2) is 22.0 Å². The van der Waals surface area contributed by atoms with Crippen LogP contribution in [0.5, 0.6) is 0 Å². The van der Waals surface area contributed by atoms with Crippen LogP contribution in [0.25, 0.3) is 17.2 Å². The first-order valence-corrected chi connectivity index (χ1v) is 12.2. The minimum atomic E-state index is -1.65. The normalized spacial score (nSPS) is 20.5. The first-order chi connectivity index (χ1) is 15.9. The van der Waals surface area contributed by atoms with Crippen molar-refractivity contribution in [2.45, 2.75) is 77.6 Å². The van der Waals surface area contributed by atoms with Crippen LogP contribution >= 0.6 is 0 Å². The smallest absolute Gasteiger partial charge is 0.194 e. The predicted octanol–water partition coefficient (Wildman–Crippen LogP) is 9.16.